The highest BCUT2D eigenvalue weighted by molar-refractivity contribution is 14.0. The first kappa shape index (κ1) is 19.8. The van der Waals surface area contributed by atoms with Gasteiger partial charge < -0.3 is 15.5 Å². The number of halogens is 4. The van der Waals surface area contributed by atoms with E-state index in [1.165, 1.54) is 12.8 Å². The summed E-state index contributed by atoms with van der Waals surface area (Å²) < 4.78 is 36.5. The van der Waals surface area contributed by atoms with E-state index in [0.29, 0.717) is 18.5 Å². The van der Waals surface area contributed by atoms with Crippen LogP contribution < -0.4 is 10.6 Å². The van der Waals surface area contributed by atoms with Gasteiger partial charge in [-0.05, 0) is 32.6 Å². The van der Waals surface area contributed by atoms with E-state index in [0.717, 1.165) is 32.0 Å². The molecule has 0 atom stereocenters. The summed E-state index contributed by atoms with van der Waals surface area (Å²) in [5.74, 6) is 0.506. The third kappa shape index (κ3) is 7.34. The van der Waals surface area contributed by atoms with E-state index in [-0.39, 0.29) is 30.5 Å². The summed E-state index contributed by atoms with van der Waals surface area (Å²) in [5, 5.41) is 6.29. The standard InChI is InChI=1S/C14H25F3N4.HI/c1-2-18-13(19-8-7-14(15,16)17)20-11-5-9-21(10-6-11)12-3-4-12;/h11-12H,2-10H2,1H3,(H2,18,19,20);1H. The second kappa shape index (κ2) is 9.14. The van der Waals surface area contributed by atoms with Crippen LogP contribution in [0.25, 0.3) is 0 Å². The smallest absolute Gasteiger partial charge is 0.357 e. The molecule has 22 heavy (non-hydrogen) atoms. The van der Waals surface area contributed by atoms with Gasteiger partial charge in [0.25, 0.3) is 0 Å². The Hall–Kier alpha value is -0.250. The van der Waals surface area contributed by atoms with Crippen molar-refractivity contribution in [3.05, 3.63) is 0 Å². The molecule has 2 fully saturated rings. The van der Waals surface area contributed by atoms with Crippen molar-refractivity contribution in [2.75, 3.05) is 26.2 Å². The van der Waals surface area contributed by atoms with Gasteiger partial charge in [0.05, 0.1) is 13.0 Å². The maximum absolute atomic E-state index is 12.2. The van der Waals surface area contributed by atoms with Gasteiger partial charge in [-0.1, -0.05) is 0 Å². The number of guanidine groups is 1. The summed E-state index contributed by atoms with van der Waals surface area (Å²) in [5.41, 5.74) is 0. The predicted molar refractivity (Wildman–Crippen MR) is 92.8 cm³/mol. The zero-order chi connectivity index (χ0) is 15.3. The molecule has 0 aromatic heterocycles. The number of hydrogen-bond donors (Lipinski definition) is 2. The molecule has 2 aliphatic rings. The van der Waals surface area contributed by atoms with E-state index in [2.05, 4.69) is 20.5 Å². The van der Waals surface area contributed by atoms with Crippen molar-refractivity contribution >= 4 is 29.9 Å². The third-order valence-electron chi connectivity index (χ3n) is 3.94. The van der Waals surface area contributed by atoms with Gasteiger partial charge in [-0.3, -0.25) is 4.99 Å². The number of likely N-dealkylation sites (tertiary alicyclic amines) is 1. The lowest BCUT2D eigenvalue weighted by Crippen LogP contribution is -2.49. The second-order valence-electron chi connectivity index (χ2n) is 5.81. The monoisotopic (exact) mass is 434 g/mol. The quantitative estimate of drug-likeness (QED) is 0.397. The molecule has 1 aliphatic carbocycles. The summed E-state index contributed by atoms with van der Waals surface area (Å²) in [6, 6.07) is 1.10. The second-order valence-corrected chi connectivity index (χ2v) is 5.81. The summed E-state index contributed by atoms with van der Waals surface area (Å²) >= 11 is 0. The molecule has 1 saturated heterocycles. The number of nitrogens with zero attached hydrogens (tertiary/aromatic N) is 2. The third-order valence-corrected chi connectivity index (χ3v) is 3.94. The lowest BCUT2D eigenvalue weighted by Gasteiger charge is -2.33. The fourth-order valence-corrected chi connectivity index (χ4v) is 2.66. The molecule has 0 unspecified atom stereocenters. The molecule has 0 spiro atoms. The van der Waals surface area contributed by atoms with E-state index < -0.39 is 12.6 Å². The van der Waals surface area contributed by atoms with E-state index in [1.807, 2.05) is 6.92 Å². The average molecular weight is 434 g/mol. The van der Waals surface area contributed by atoms with Crippen molar-refractivity contribution in [2.45, 2.75) is 57.3 Å². The van der Waals surface area contributed by atoms with Crippen LogP contribution in [0.2, 0.25) is 0 Å². The first-order valence-electron chi connectivity index (χ1n) is 7.83. The fraction of sp³-hybridized carbons (Fsp3) is 0.929. The van der Waals surface area contributed by atoms with Crippen LogP contribution in [0.5, 0.6) is 0 Å². The predicted octanol–water partition coefficient (Wildman–Crippen LogP) is 2.74. The molecule has 0 aromatic carbocycles. The van der Waals surface area contributed by atoms with E-state index in [4.69, 9.17) is 0 Å². The molecule has 4 nitrogen and oxygen atoms in total. The van der Waals surface area contributed by atoms with Gasteiger partial charge in [0.2, 0.25) is 0 Å². The van der Waals surface area contributed by atoms with Gasteiger partial charge in [0.1, 0.15) is 0 Å². The lowest BCUT2D eigenvalue weighted by atomic mass is 10.1. The minimum atomic E-state index is -4.14. The Kier molecular flexibility index (Phi) is 8.23. The van der Waals surface area contributed by atoms with Gasteiger partial charge >= 0.3 is 6.18 Å². The van der Waals surface area contributed by atoms with Crippen molar-refractivity contribution < 1.29 is 13.2 Å². The summed E-state index contributed by atoms with van der Waals surface area (Å²) in [7, 11) is 0. The summed E-state index contributed by atoms with van der Waals surface area (Å²) in [4.78, 5) is 6.54. The molecule has 0 radical (unpaired) electrons. The molecule has 2 rings (SSSR count). The molecule has 0 bridgehead atoms. The minimum Gasteiger partial charge on any atom is -0.357 e. The molecule has 1 saturated carbocycles. The largest absolute Gasteiger partial charge is 0.390 e. The van der Waals surface area contributed by atoms with Crippen LogP contribution in [-0.2, 0) is 0 Å². The molecular formula is C14H26F3IN4. The average Bonchev–Trinajstić information content (AvgIpc) is 3.23. The van der Waals surface area contributed by atoms with Crippen LogP contribution in [0.4, 0.5) is 13.2 Å². The Balaban J connectivity index is 0.00000242. The van der Waals surface area contributed by atoms with E-state index in [9.17, 15) is 13.2 Å². The van der Waals surface area contributed by atoms with Gasteiger partial charge in [0, 0.05) is 31.7 Å². The number of alkyl halides is 3. The minimum absolute atomic E-state index is 0. The lowest BCUT2D eigenvalue weighted by molar-refractivity contribution is -0.132. The van der Waals surface area contributed by atoms with Crippen molar-refractivity contribution in [2.24, 2.45) is 4.99 Å². The van der Waals surface area contributed by atoms with Crippen LogP contribution in [-0.4, -0.2) is 55.3 Å². The summed E-state index contributed by atoms with van der Waals surface area (Å²) in [6.45, 7) is 4.49. The highest BCUT2D eigenvalue weighted by Crippen LogP contribution is 2.29. The van der Waals surface area contributed by atoms with Gasteiger partial charge in [0.15, 0.2) is 5.96 Å². The SMILES string of the molecule is CCNC(=NCCC(F)(F)F)NC1CCN(C2CC2)CC1.I. The van der Waals surface area contributed by atoms with Gasteiger partial charge in [-0.25, -0.2) is 0 Å². The fourth-order valence-electron chi connectivity index (χ4n) is 2.66. The molecule has 2 N–H and O–H groups in total. The highest BCUT2D eigenvalue weighted by atomic mass is 127. The molecule has 0 aromatic rings. The number of rotatable bonds is 5. The van der Waals surface area contributed by atoms with Gasteiger partial charge in [-0.2, -0.15) is 13.2 Å². The normalized spacial score (nSPS) is 21.4. The van der Waals surface area contributed by atoms with Crippen LogP contribution >= 0.6 is 24.0 Å². The van der Waals surface area contributed by atoms with Crippen LogP contribution in [0.15, 0.2) is 4.99 Å². The first-order valence-corrected chi connectivity index (χ1v) is 7.83. The topological polar surface area (TPSA) is 39.7 Å². The number of piperidine rings is 1. The Morgan fingerprint density at radius 3 is 2.32 bits per heavy atom. The van der Waals surface area contributed by atoms with Crippen LogP contribution in [0.3, 0.4) is 0 Å². The number of aliphatic imine (C=N–C) groups is 1. The molecule has 1 heterocycles. The molecule has 130 valence electrons. The Morgan fingerprint density at radius 1 is 1.18 bits per heavy atom. The van der Waals surface area contributed by atoms with Crippen LogP contribution in [0.1, 0.15) is 39.0 Å². The molecular weight excluding hydrogens is 408 g/mol. The van der Waals surface area contributed by atoms with Crippen molar-refractivity contribution in [1.29, 1.82) is 0 Å². The highest BCUT2D eigenvalue weighted by Gasteiger charge is 2.32. The Bertz CT molecular complexity index is 350. The first-order chi connectivity index (χ1) is 9.98. The van der Waals surface area contributed by atoms with Crippen molar-refractivity contribution in [1.82, 2.24) is 15.5 Å². The molecule has 0 amide bonds. The van der Waals surface area contributed by atoms with Crippen molar-refractivity contribution in [3.63, 3.8) is 0 Å². The zero-order valence-electron chi connectivity index (χ0n) is 13.0. The molecule has 1 aliphatic heterocycles. The summed E-state index contributed by atoms with van der Waals surface area (Å²) in [6.07, 6.45) is -0.320. The van der Waals surface area contributed by atoms with Gasteiger partial charge in [-0.15, -0.1) is 24.0 Å². The van der Waals surface area contributed by atoms with E-state index >= 15 is 0 Å². The van der Waals surface area contributed by atoms with E-state index in [1.54, 1.807) is 0 Å². The van der Waals surface area contributed by atoms with Crippen molar-refractivity contribution in [3.8, 4) is 0 Å². The Labute approximate surface area is 147 Å². The maximum Gasteiger partial charge on any atom is 0.390 e. The number of nitrogens with one attached hydrogen (secondary N) is 2. The maximum atomic E-state index is 12.2. The Morgan fingerprint density at radius 2 is 1.82 bits per heavy atom. The van der Waals surface area contributed by atoms with Crippen LogP contribution in [0, 0.1) is 0 Å². The molecule has 8 heteroatoms. The zero-order valence-corrected chi connectivity index (χ0v) is 15.3. The number of hydrogen-bond acceptors (Lipinski definition) is 2.